The Labute approximate surface area is 85.6 Å². The van der Waals surface area contributed by atoms with Crippen LogP contribution in [0.3, 0.4) is 0 Å². The van der Waals surface area contributed by atoms with Crippen LogP contribution in [-0.4, -0.2) is 0 Å². The van der Waals surface area contributed by atoms with Gasteiger partial charge in [0.15, 0.2) is 0 Å². The number of nitrogens with two attached hydrogens (primary N) is 1. The molecule has 1 rings (SSSR count). The molecule has 0 aromatic heterocycles. The van der Waals surface area contributed by atoms with E-state index in [4.69, 9.17) is 5.73 Å². The van der Waals surface area contributed by atoms with Crippen LogP contribution in [0.5, 0.6) is 0 Å². The highest BCUT2D eigenvalue weighted by atomic mass is 79.9. The van der Waals surface area contributed by atoms with E-state index in [1.807, 2.05) is 6.92 Å². The zero-order valence-electron chi connectivity index (χ0n) is 7.35. The number of hydrogen-bond donors (Lipinski definition) is 1. The fourth-order valence-corrected chi connectivity index (χ4v) is 1.24. The van der Waals surface area contributed by atoms with Gasteiger partial charge in [-0.2, -0.15) is 0 Å². The van der Waals surface area contributed by atoms with Crippen LogP contribution < -0.4 is 5.73 Å². The summed E-state index contributed by atoms with van der Waals surface area (Å²) >= 11 is 3.08. The van der Waals surface area contributed by atoms with Crippen molar-refractivity contribution >= 4 is 15.9 Å². The second kappa shape index (κ2) is 4.03. The molecule has 0 aliphatic carbocycles. The summed E-state index contributed by atoms with van der Waals surface area (Å²) in [5.74, 6) is -0.297. The molecule has 1 unspecified atom stereocenters. The van der Waals surface area contributed by atoms with Crippen molar-refractivity contribution in [3.05, 3.63) is 46.2 Å². The van der Waals surface area contributed by atoms with Crippen molar-refractivity contribution in [1.82, 2.24) is 0 Å². The van der Waals surface area contributed by atoms with E-state index in [0.29, 0.717) is 4.47 Å². The van der Waals surface area contributed by atoms with E-state index < -0.39 is 0 Å². The second-order valence-corrected chi connectivity index (χ2v) is 3.85. The lowest BCUT2D eigenvalue weighted by molar-refractivity contribution is 0.616. The molecule has 0 aliphatic heterocycles. The van der Waals surface area contributed by atoms with Gasteiger partial charge in [0.2, 0.25) is 0 Å². The Morgan fingerprint density at radius 2 is 2.23 bits per heavy atom. The fraction of sp³-hybridized carbons (Fsp3) is 0.200. The van der Waals surface area contributed by atoms with Gasteiger partial charge in [0, 0.05) is 0 Å². The zero-order valence-corrected chi connectivity index (χ0v) is 8.94. The summed E-state index contributed by atoms with van der Waals surface area (Å²) in [7, 11) is 0. The SMILES string of the molecule is C=C(C)C(N)c1ccc(Br)c(F)c1. The van der Waals surface area contributed by atoms with Gasteiger partial charge < -0.3 is 5.73 Å². The summed E-state index contributed by atoms with van der Waals surface area (Å²) in [5.41, 5.74) is 7.34. The summed E-state index contributed by atoms with van der Waals surface area (Å²) in [4.78, 5) is 0. The predicted octanol–water partition coefficient (Wildman–Crippen LogP) is 3.16. The van der Waals surface area contributed by atoms with Crippen LogP contribution in [0.4, 0.5) is 4.39 Å². The molecule has 0 radical (unpaired) electrons. The molecule has 1 atom stereocenters. The number of hydrogen-bond acceptors (Lipinski definition) is 1. The Morgan fingerprint density at radius 1 is 1.62 bits per heavy atom. The Kier molecular flexibility index (Phi) is 3.22. The number of benzene rings is 1. The first-order valence-electron chi connectivity index (χ1n) is 3.88. The third-order valence-corrected chi connectivity index (χ3v) is 2.48. The van der Waals surface area contributed by atoms with Crippen molar-refractivity contribution in [2.75, 3.05) is 0 Å². The van der Waals surface area contributed by atoms with E-state index in [0.717, 1.165) is 11.1 Å². The molecular weight excluding hydrogens is 233 g/mol. The average molecular weight is 244 g/mol. The van der Waals surface area contributed by atoms with Gasteiger partial charge in [-0.15, -0.1) is 0 Å². The van der Waals surface area contributed by atoms with Crippen LogP contribution in [0.25, 0.3) is 0 Å². The molecule has 1 aromatic rings. The minimum absolute atomic E-state index is 0.289. The van der Waals surface area contributed by atoms with Gasteiger partial charge >= 0.3 is 0 Å². The van der Waals surface area contributed by atoms with Crippen molar-refractivity contribution in [1.29, 1.82) is 0 Å². The van der Waals surface area contributed by atoms with Crippen molar-refractivity contribution in [3.8, 4) is 0 Å². The van der Waals surface area contributed by atoms with Crippen LogP contribution >= 0.6 is 15.9 Å². The second-order valence-electron chi connectivity index (χ2n) is 3.00. The number of rotatable bonds is 2. The van der Waals surface area contributed by atoms with Crippen molar-refractivity contribution in [3.63, 3.8) is 0 Å². The summed E-state index contributed by atoms with van der Waals surface area (Å²) in [6, 6.07) is 4.56. The first-order chi connectivity index (χ1) is 6.02. The normalized spacial score (nSPS) is 12.6. The highest BCUT2D eigenvalue weighted by Crippen LogP contribution is 2.22. The fourth-order valence-electron chi connectivity index (χ4n) is 0.990. The third-order valence-electron chi connectivity index (χ3n) is 1.83. The lowest BCUT2D eigenvalue weighted by Crippen LogP contribution is -2.10. The van der Waals surface area contributed by atoms with Gasteiger partial charge in [-0.25, -0.2) is 4.39 Å². The Morgan fingerprint density at radius 3 is 2.69 bits per heavy atom. The number of halogens is 2. The summed E-state index contributed by atoms with van der Waals surface area (Å²) in [6.07, 6.45) is 0. The van der Waals surface area contributed by atoms with Gasteiger partial charge in [-0.3, -0.25) is 0 Å². The lowest BCUT2D eigenvalue weighted by atomic mass is 10.0. The van der Waals surface area contributed by atoms with Crippen LogP contribution in [0.2, 0.25) is 0 Å². The van der Waals surface area contributed by atoms with E-state index in [1.54, 1.807) is 12.1 Å². The van der Waals surface area contributed by atoms with Crippen molar-refractivity contribution < 1.29 is 4.39 Å². The molecule has 0 saturated heterocycles. The third kappa shape index (κ3) is 2.39. The molecular formula is C10H11BrFN. The maximum Gasteiger partial charge on any atom is 0.137 e. The molecule has 2 N–H and O–H groups in total. The first-order valence-corrected chi connectivity index (χ1v) is 4.67. The molecule has 70 valence electrons. The Bertz CT molecular complexity index is 336. The van der Waals surface area contributed by atoms with E-state index in [2.05, 4.69) is 22.5 Å². The molecule has 0 aliphatic rings. The molecule has 0 heterocycles. The van der Waals surface area contributed by atoms with Gasteiger partial charge in [-0.1, -0.05) is 18.2 Å². The molecule has 0 fully saturated rings. The van der Waals surface area contributed by atoms with Crippen LogP contribution in [0.1, 0.15) is 18.5 Å². The average Bonchev–Trinajstić information content (AvgIpc) is 2.08. The van der Waals surface area contributed by atoms with Gasteiger partial charge in [0.25, 0.3) is 0 Å². The summed E-state index contributed by atoms with van der Waals surface area (Å²) in [6.45, 7) is 5.55. The van der Waals surface area contributed by atoms with Gasteiger partial charge in [0.1, 0.15) is 5.82 Å². The zero-order chi connectivity index (χ0) is 10.0. The maximum atomic E-state index is 13.1. The standard InChI is InChI=1S/C10H11BrFN/c1-6(2)10(13)7-3-4-8(11)9(12)5-7/h3-5,10H,1,13H2,2H3. The highest BCUT2D eigenvalue weighted by molar-refractivity contribution is 9.10. The minimum atomic E-state index is -0.297. The van der Waals surface area contributed by atoms with E-state index in [-0.39, 0.29) is 11.9 Å². The molecule has 0 bridgehead atoms. The molecule has 1 aromatic carbocycles. The monoisotopic (exact) mass is 243 g/mol. The van der Waals surface area contributed by atoms with Crippen LogP contribution in [0, 0.1) is 5.82 Å². The maximum absolute atomic E-state index is 13.1. The molecule has 0 saturated carbocycles. The molecule has 0 spiro atoms. The highest BCUT2D eigenvalue weighted by Gasteiger charge is 2.08. The molecule has 0 amide bonds. The van der Waals surface area contributed by atoms with E-state index >= 15 is 0 Å². The van der Waals surface area contributed by atoms with Crippen LogP contribution in [0.15, 0.2) is 34.8 Å². The van der Waals surface area contributed by atoms with Gasteiger partial charge in [0.05, 0.1) is 10.5 Å². The largest absolute Gasteiger partial charge is 0.321 e. The predicted molar refractivity (Wildman–Crippen MR) is 55.8 cm³/mol. The molecule has 1 nitrogen and oxygen atoms in total. The quantitative estimate of drug-likeness (QED) is 0.794. The van der Waals surface area contributed by atoms with Crippen molar-refractivity contribution in [2.45, 2.75) is 13.0 Å². The topological polar surface area (TPSA) is 26.0 Å². The Balaban J connectivity index is 3.03. The lowest BCUT2D eigenvalue weighted by Gasteiger charge is -2.11. The molecule has 3 heteroatoms. The van der Waals surface area contributed by atoms with E-state index in [1.165, 1.54) is 6.07 Å². The van der Waals surface area contributed by atoms with Crippen molar-refractivity contribution in [2.24, 2.45) is 5.73 Å². The van der Waals surface area contributed by atoms with Crippen LogP contribution in [-0.2, 0) is 0 Å². The molecule has 13 heavy (non-hydrogen) atoms. The first kappa shape index (κ1) is 10.4. The Hall–Kier alpha value is -0.670. The minimum Gasteiger partial charge on any atom is -0.321 e. The smallest absolute Gasteiger partial charge is 0.137 e. The van der Waals surface area contributed by atoms with Gasteiger partial charge in [-0.05, 0) is 40.5 Å². The van der Waals surface area contributed by atoms with E-state index in [9.17, 15) is 4.39 Å². The summed E-state index contributed by atoms with van der Waals surface area (Å²) < 4.78 is 13.5. The summed E-state index contributed by atoms with van der Waals surface area (Å²) in [5, 5.41) is 0.